The molecule has 0 aliphatic heterocycles. The van der Waals surface area contributed by atoms with E-state index in [2.05, 4.69) is 49.4 Å². The third-order valence-corrected chi connectivity index (χ3v) is 4.18. The highest BCUT2D eigenvalue weighted by Crippen LogP contribution is 2.29. The molecule has 0 spiro atoms. The van der Waals surface area contributed by atoms with Crippen LogP contribution < -0.4 is 5.73 Å². The van der Waals surface area contributed by atoms with Crippen molar-refractivity contribution in [2.75, 3.05) is 7.05 Å². The molecule has 3 atom stereocenters. The molecule has 1 aromatic rings. The minimum Gasteiger partial charge on any atom is -0.326 e. The second-order valence-corrected chi connectivity index (χ2v) is 5.39. The molecule has 0 aromatic carbocycles. The van der Waals surface area contributed by atoms with Crippen LogP contribution in [0, 0.1) is 11.3 Å². The van der Waals surface area contributed by atoms with Crippen LogP contribution in [0.1, 0.15) is 37.6 Å². The third kappa shape index (κ3) is 3.53. The Morgan fingerprint density at radius 3 is 2.76 bits per heavy atom. The minimum absolute atomic E-state index is 0.111. The lowest BCUT2D eigenvalue weighted by molar-refractivity contribution is 0.163. The van der Waals surface area contributed by atoms with E-state index < -0.39 is 0 Å². The summed E-state index contributed by atoms with van der Waals surface area (Å²) >= 11 is 1.73. The summed E-state index contributed by atoms with van der Waals surface area (Å²) in [5.41, 5.74) is 6.23. The smallest absolute Gasteiger partial charge is 0.0638 e. The van der Waals surface area contributed by atoms with E-state index >= 15 is 0 Å². The van der Waals surface area contributed by atoms with Crippen LogP contribution in [-0.4, -0.2) is 24.0 Å². The first-order chi connectivity index (χ1) is 8.11. The zero-order chi connectivity index (χ0) is 12.8. The predicted octanol–water partition coefficient (Wildman–Crippen LogP) is 2.76. The Balaban J connectivity index is 2.88. The summed E-state index contributed by atoms with van der Waals surface area (Å²) in [5.74, 6) is 0. The van der Waals surface area contributed by atoms with Gasteiger partial charge in [-0.05, 0) is 31.8 Å². The van der Waals surface area contributed by atoms with Gasteiger partial charge in [0.1, 0.15) is 0 Å². The second kappa shape index (κ2) is 6.75. The molecule has 17 heavy (non-hydrogen) atoms. The number of nitriles is 1. The van der Waals surface area contributed by atoms with Crippen LogP contribution in [0.4, 0.5) is 0 Å². The zero-order valence-electron chi connectivity index (χ0n) is 10.8. The maximum atomic E-state index is 8.79. The van der Waals surface area contributed by atoms with Crippen LogP contribution in [0.15, 0.2) is 17.5 Å². The van der Waals surface area contributed by atoms with Crippen molar-refractivity contribution in [1.82, 2.24) is 4.90 Å². The summed E-state index contributed by atoms with van der Waals surface area (Å²) < 4.78 is 0. The molecule has 0 aliphatic rings. The number of rotatable bonds is 6. The highest BCUT2D eigenvalue weighted by Gasteiger charge is 2.26. The van der Waals surface area contributed by atoms with Crippen LogP contribution in [-0.2, 0) is 0 Å². The molecule has 0 fully saturated rings. The number of likely N-dealkylation sites (N-methyl/N-ethyl adjacent to an activating group) is 1. The maximum absolute atomic E-state index is 8.79. The lowest BCUT2D eigenvalue weighted by atomic mass is 10.0. The number of thiophene rings is 1. The van der Waals surface area contributed by atoms with E-state index in [4.69, 9.17) is 11.0 Å². The van der Waals surface area contributed by atoms with Gasteiger partial charge in [-0.2, -0.15) is 5.26 Å². The molecule has 0 aliphatic carbocycles. The highest BCUT2D eigenvalue weighted by atomic mass is 32.1. The summed E-state index contributed by atoms with van der Waals surface area (Å²) in [6.07, 6.45) is 1.47. The normalized spacial score (nSPS) is 16.5. The lowest BCUT2D eigenvalue weighted by Crippen LogP contribution is -2.42. The van der Waals surface area contributed by atoms with Gasteiger partial charge in [-0.15, -0.1) is 11.3 Å². The predicted molar refractivity (Wildman–Crippen MR) is 72.8 cm³/mol. The Bertz CT molecular complexity index is 355. The van der Waals surface area contributed by atoms with E-state index in [1.54, 1.807) is 11.3 Å². The molecule has 1 heterocycles. The van der Waals surface area contributed by atoms with Crippen LogP contribution in [0.5, 0.6) is 0 Å². The molecule has 94 valence electrons. The Morgan fingerprint density at radius 2 is 2.29 bits per heavy atom. The van der Waals surface area contributed by atoms with Crippen molar-refractivity contribution in [3.63, 3.8) is 0 Å². The molecule has 3 nitrogen and oxygen atoms in total. The Hall–Kier alpha value is -0.890. The monoisotopic (exact) mass is 251 g/mol. The Morgan fingerprint density at radius 1 is 1.59 bits per heavy atom. The van der Waals surface area contributed by atoms with Crippen molar-refractivity contribution in [3.05, 3.63) is 22.4 Å². The first-order valence-corrected chi connectivity index (χ1v) is 6.87. The van der Waals surface area contributed by atoms with Crippen molar-refractivity contribution in [2.24, 2.45) is 5.73 Å². The number of nitrogens with zero attached hydrogens (tertiary/aromatic N) is 2. The fourth-order valence-electron chi connectivity index (χ4n) is 1.95. The fourth-order valence-corrected chi connectivity index (χ4v) is 2.90. The van der Waals surface area contributed by atoms with E-state index in [1.165, 1.54) is 4.88 Å². The standard InChI is InChI=1S/C13H21N3S/c1-4-11(15)13(12-6-5-9-17-12)16(3)10(2)7-8-14/h5-6,9-11,13H,4,7,15H2,1-3H3. The molecular formula is C13H21N3S. The molecule has 1 rings (SSSR count). The van der Waals surface area contributed by atoms with Gasteiger partial charge in [0.05, 0.1) is 18.5 Å². The highest BCUT2D eigenvalue weighted by molar-refractivity contribution is 7.10. The molecule has 0 saturated carbocycles. The van der Waals surface area contributed by atoms with Crippen LogP contribution in [0.25, 0.3) is 0 Å². The Kier molecular flexibility index (Phi) is 5.63. The molecular weight excluding hydrogens is 230 g/mol. The van der Waals surface area contributed by atoms with Gasteiger partial charge in [0, 0.05) is 17.0 Å². The lowest BCUT2D eigenvalue weighted by Gasteiger charge is -2.35. The van der Waals surface area contributed by atoms with E-state index in [-0.39, 0.29) is 18.1 Å². The van der Waals surface area contributed by atoms with E-state index in [0.717, 1.165) is 6.42 Å². The van der Waals surface area contributed by atoms with Crippen molar-refractivity contribution in [3.8, 4) is 6.07 Å². The van der Waals surface area contributed by atoms with Gasteiger partial charge in [-0.3, -0.25) is 4.90 Å². The third-order valence-electron chi connectivity index (χ3n) is 3.23. The van der Waals surface area contributed by atoms with Gasteiger partial charge >= 0.3 is 0 Å². The first-order valence-electron chi connectivity index (χ1n) is 5.99. The van der Waals surface area contributed by atoms with Crippen molar-refractivity contribution in [1.29, 1.82) is 5.26 Å². The zero-order valence-corrected chi connectivity index (χ0v) is 11.6. The van der Waals surface area contributed by atoms with Crippen molar-refractivity contribution < 1.29 is 0 Å². The molecule has 3 unspecified atom stereocenters. The number of nitrogens with two attached hydrogens (primary N) is 1. The molecule has 0 radical (unpaired) electrons. The van der Waals surface area contributed by atoms with E-state index in [1.807, 2.05) is 0 Å². The topological polar surface area (TPSA) is 53.0 Å². The van der Waals surface area contributed by atoms with Crippen molar-refractivity contribution in [2.45, 2.75) is 44.8 Å². The van der Waals surface area contributed by atoms with Gasteiger partial charge in [-0.1, -0.05) is 13.0 Å². The van der Waals surface area contributed by atoms with Crippen LogP contribution in [0.3, 0.4) is 0 Å². The second-order valence-electron chi connectivity index (χ2n) is 4.41. The molecule has 4 heteroatoms. The van der Waals surface area contributed by atoms with Crippen molar-refractivity contribution >= 4 is 11.3 Å². The molecule has 0 amide bonds. The number of hydrogen-bond acceptors (Lipinski definition) is 4. The molecule has 2 N–H and O–H groups in total. The van der Waals surface area contributed by atoms with Gasteiger partial charge in [0.25, 0.3) is 0 Å². The van der Waals surface area contributed by atoms with Gasteiger partial charge in [-0.25, -0.2) is 0 Å². The van der Waals surface area contributed by atoms with E-state index in [0.29, 0.717) is 6.42 Å². The first kappa shape index (κ1) is 14.2. The number of hydrogen-bond donors (Lipinski definition) is 1. The SMILES string of the molecule is CCC(N)C(c1cccs1)N(C)C(C)CC#N. The molecule has 1 aromatic heterocycles. The Labute approximate surface area is 108 Å². The van der Waals surface area contributed by atoms with Gasteiger partial charge < -0.3 is 5.73 Å². The minimum atomic E-state index is 0.111. The fraction of sp³-hybridized carbons (Fsp3) is 0.615. The van der Waals surface area contributed by atoms with Gasteiger partial charge in [0.15, 0.2) is 0 Å². The quantitative estimate of drug-likeness (QED) is 0.846. The average Bonchev–Trinajstić information content (AvgIpc) is 2.82. The summed E-state index contributed by atoms with van der Waals surface area (Å²) in [4.78, 5) is 3.51. The van der Waals surface area contributed by atoms with Crippen LogP contribution in [0.2, 0.25) is 0 Å². The maximum Gasteiger partial charge on any atom is 0.0638 e. The summed E-state index contributed by atoms with van der Waals surface area (Å²) in [5, 5.41) is 10.9. The summed E-state index contributed by atoms with van der Waals surface area (Å²) in [6.45, 7) is 4.18. The van der Waals surface area contributed by atoms with Crippen LogP contribution >= 0.6 is 11.3 Å². The largest absolute Gasteiger partial charge is 0.326 e. The molecule has 0 bridgehead atoms. The van der Waals surface area contributed by atoms with E-state index in [9.17, 15) is 0 Å². The average molecular weight is 251 g/mol. The molecule has 0 saturated heterocycles. The van der Waals surface area contributed by atoms with Gasteiger partial charge in [0.2, 0.25) is 0 Å². The summed E-state index contributed by atoms with van der Waals surface area (Å²) in [7, 11) is 2.06. The summed E-state index contributed by atoms with van der Waals surface area (Å²) in [6, 6.07) is 6.95.